The molecule has 0 aliphatic carbocycles. The van der Waals surface area contributed by atoms with E-state index in [1.807, 2.05) is 19.1 Å². The van der Waals surface area contributed by atoms with Crippen molar-refractivity contribution in [1.29, 1.82) is 0 Å². The molecular weight excluding hydrogens is 368 g/mol. The highest BCUT2D eigenvalue weighted by Crippen LogP contribution is 2.20. The van der Waals surface area contributed by atoms with E-state index < -0.39 is 5.91 Å². The van der Waals surface area contributed by atoms with E-state index in [2.05, 4.69) is 26.8 Å². The second-order valence-corrected chi connectivity index (χ2v) is 5.87. The molecule has 0 atom stereocenters. The van der Waals surface area contributed by atoms with E-state index in [9.17, 15) is 9.59 Å². The fraction of sp³-hybridized carbons (Fsp3) is 0.125. The SMILES string of the molecule is CCc1ccc(C(=O)NNC(=O)c2cc(Cl)ccc2Br)cc1. The summed E-state index contributed by atoms with van der Waals surface area (Å²) in [6.45, 7) is 2.04. The van der Waals surface area contributed by atoms with Gasteiger partial charge in [-0.15, -0.1) is 0 Å². The van der Waals surface area contributed by atoms with Crippen molar-refractivity contribution in [3.63, 3.8) is 0 Å². The molecule has 22 heavy (non-hydrogen) atoms. The second-order valence-electron chi connectivity index (χ2n) is 4.58. The molecule has 0 heterocycles. The van der Waals surface area contributed by atoms with Crippen molar-refractivity contribution in [2.24, 2.45) is 0 Å². The number of carbonyl (C=O) groups excluding carboxylic acids is 2. The number of carbonyl (C=O) groups is 2. The van der Waals surface area contributed by atoms with Gasteiger partial charge >= 0.3 is 0 Å². The Bertz CT molecular complexity index is 702. The van der Waals surface area contributed by atoms with Gasteiger partial charge in [0.15, 0.2) is 0 Å². The van der Waals surface area contributed by atoms with Gasteiger partial charge in [0.2, 0.25) is 0 Å². The van der Waals surface area contributed by atoms with Gasteiger partial charge < -0.3 is 0 Å². The average molecular weight is 382 g/mol. The fourth-order valence-corrected chi connectivity index (χ4v) is 2.42. The van der Waals surface area contributed by atoms with Crippen molar-refractivity contribution in [3.05, 3.63) is 68.7 Å². The van der Waals surface area contributed by atoms with Crippen LogP contribution in [-0.2, 0) is 6.42 Å². The summed E-state index contributed by atoms with van der Waals surface area (Å²) in [5.41, 5.74) is 6.70. The van der Waals surface area contributed by atoms with Crippen molar-refractivity contribution in [1.82, 2.24) is 10.9 Å². The third-order valence-electron chi connectivity index (χ3n) is 3.09. The van der Waals surface area contributed by atoms with Gasteiger partial charge in [-0.1, -0.05) is 30.7 Å². The third-order valence-corrected chi connectivity index (χ3v) is 4.01. The standard InChI is InChI=1S/C16H14BrClN2O2/c1-2-10-3-5-11(6-4-10)15(21)19-20-16(22)13-9-12(18)7-8-14(13)17/h3-9H,2H2,1H3,(H,19,21)(H,20,22). The molecule has 0 aliphatic heterocycles. The quantitative estimate of drug-likeness (QED) is 0.796. The highest BCUT2D eigenvalue weighted by atomic mass is 79.9. The number of hydrazine groups is 1. The lowest BCUT2D eigenvalue weighted by Crippen LogP contribution is -2.41. The van der Waals surface area contributed by atoms with Gasteiger partial charge in [0, 0.05) is 15.1 Å². The minimum atomic E-state index is -0.451. The van der Waals surface area contributed by atoms with E-state index in [0.717, 1.165) is 12.0 Å². The van der Waals surface area contributed by atoms with Crippen LogP contribution in [0.3, 0.4) is 0 Å². The zero-order chi connectivity index (χ0) is 16.1. The maximum absolute atomic E-state index is 12.0. The van der Waals surface area contributed by atoms with Gasteiger partial charge in [0.25, 0.3) is 11.8 Å². The van der Waals surface area contributed by atoms with Crippen LogP contribution in [-0.4, -0.2) is 11.8 Å². The zero-order valence-corrected chi connectivity index (χ0v) is 14.2. The van der Waals surface area contributed by atoms with E-state index in [-0.39, 0.29) is 5.91 Å². The lowest BCUT2D eigenvalue weighted by Gasteiger charge is -2.09. The lowest BCUT2D eigenvalue weighted by molar-refractivity contribution is 0.0846. The van der Waals surface area contributed by atoms with Gasteiger partial charge in [-0.3, -0.25) is 20.4 Å². The average Bonchev–Trinajstić information content (AvgIpc) is 2.54. The Morgan fingerprint density at radius 2 is 1.68 bits per heavy atom. The van der Waals surface area contributed by atoms with E-state index in [0.29, 0.717) is 20.6 Å². The lowest BCUT2D eigenvalue weighted by atomic mass is 10.1. The molecule has 0 spiro atoms. The van der Waals surface area contributed by atoms with Crippen LogP contribution in [0.25, 0.3) is 0 Å². The normalized spacial score (nSPS) is 10.1. The van der Waals surface area contributed by atoms with Gasteiger partial charge in [0.1, 0.15) is 0 Å². The van der Waals surface area contributed by atoms with E-state index in [1.54, 1.807) is 24.3 Å². The molecule has 2 aromatic carbocycles. The van der Waals surface area contributed by atoms with Crippen LogP contribution >= 0.6 is 27.5 Å². The largest absolute Gasteiger partial charge is 0.270 e. The first-order valence-corrected chi connectivity index (χ1v) is 7.83. The molecule has 0 radical (unpaired) electrons. The molecule has 114 valence electrons. The van der Waals surface area contributed by atoms with Gasteiger partial charge in [-0.25, -0.2) is 0 Å². The van der Waals surface area contributed by atoms with Crippen molar-refractivity contribution < 1.29 is 9.59 Å². The van der Waals surface area contributed by atoms with Crippen LogP contribution in [0.5, 0.6) is 0 Å². The second kappa shape index (κ2) is 7.42. The Morgan fingerprint density at radius 1 is 1.05 bits per heavy atom. The predicted octanol–water partition coefficient (Wildman–Crippen LogP) is 3.74. The molecule has 0 unspecified atom stereocenters. The smallest absolute Gasteiger partial charge is 0.267 e. The third kappa shape index (κ3) is 4.08. The number of benzene rings is 2. The Kier molecular flexibility index (Phi) is 5.57. The summed E-state index contributed by atoms with van der Waals surface area (Å²) in [7, 11) is 0. The number of amides is 2. The Labute approximate surface area is 142 Å². The first-order chi connectivity index (χ1) is 10.5. The molecule has 6 heteroatoms. The Hall–Kier alpha value is -1.85. The van der Waals surface area contributed by atoms with Gasteiger partial charge in [0.05, 0.1) is 5.56 Å². The fourth-order valence-electron chi connectivity index (χ4n) is 1.82. The number of aryl methyl sites for hydroxylation is 1. The topological polar surface area (TPSA) is 58.2 Å². The van der Waals surface area contributed by atoms with Crippen LogP contribution in [0.1, 0.15) is 33.2 Å². The molecule has 0 aliphatic rings. The van der Waals surface area contributed by atoms with Crippen molar-refractivity contribution in [3.8, 4) is 0 Å². The highest BCUT2D eigenvalue weighted by molar-refractivity contribution is 9.10. The molecule has 2 amide bonds. The van der Waals surface area contributed by atoms with Crippen LogP contribution in [0.15, 0.2) is 46.9 Å². The molecule has 2 N–H and O–H groups in total. The number of hydrogen-bond acceptors (Lipinski definition) is 2. The summed E-state index contributed by atoms with van der Waals surface area (Å²) in [6, 6.07) is 12.0. The minimum Gasteiger partial charge on any atom is -0.267 e. The van der Waals surface area contributed by atoms with Crippen LogP contribution in [0, 0.1) is 0 Å². The molecule has 0 saturated heterocycles. The van der Waals surface area contributed by atoms with E-state index in [1.165, 1.54) is 6.07 Å². The van der Waals surface area contributed by atoms with Crippen LogP contribution in [0.4, 0.5) is 0 Å². The maximum atomic E-state index is 12.0. The van der Waals surface area contributed by atoms with E-state index >= 15 is 0 Å². The number of rotatable bonds is 3. The Morgan fingerprint density at radius 3 is 2.32 bits per heavy atom. The summed E-state index contributed by atoms with van der Waals surface area (Å²) in [5, 5.41) is 0.440. The molecule has 0 bridgehead atoms. The predicted molar refractivity (Wildman–Crippen MR) is 89.9 cm³/mol. The molecule has 0 saturated carbocycles. The Balaban J connectivity index is 2.00. The summed E-state index contributed by atoms with van der Waals surface area (Å²) in [6.07, 6.45) is 0.904. The van der Waals surface area contributed by atoms with E-state index in [4.69, 9.17) is 11.6 Å². The summed E-state index contributed by atoms with van der Waals surface area (Å²) in [5.74, 6) is -0.831. The first kappa shape index (κ1) is 16.5. The zero-order valence-electron chi connectivity index (χ0n) is 11.8. The van der Waals surface area contributed by atoms with Crippen molar-refractivity contribution in [2.45, 2.75) is 13.3 Å². The number of halogens is 2. The van der Waals surface area contributed by atoms with Gasteiger partial charge in [-0.2, -0.15) is 0 Å². The highest BCUT2D eigenvalue weighted by Gasteiger charge is 2.12. The van der Waals surface area contributed by atoms with Gasteiger partial charge in [-0.05, 0) is 58.2 Å². The molecule has 2 aromatic rings. The minimum absolute atomic E-state index is 0.342. The summed E-state index contributed by atoms with van der Waals surface area (Å²) < 4.78 is 0.593. The number of nitrogens with one attached hydrogen (secondary N) is 2. The summed E-state index contributed by atoms with van der Waals surface area (Å²) >= 11 is 9.13. The van der Waals surface area contributed by atoms with Crippen molar-refractivity contribution in [2.75, 3.05) is 0 Å². The molecule has 2 rings (SSSR count). The molecule has 0 fully saturated rings. The number of hydrogen-bond donors (Lipinski definition) is 2. The molecule has 4 nitrogen and oxygen atoms in total. The maximum Gasteiger partial charge on any atom is 0.270 e. The molecular formula is C16H14BrClN2O2. The van der Waals surface area contributed by atoms with Crippen molar-refractivity contribution >= 4 is 39.3 Å². The van der Waals surface area contributed by atoms with Crippen LogP contribution in [0.2, 0.25) is 5.02 Å². The molecule has 0 aromatic heterocycles. The van der Waals surface area contributed by atoms with Crippen LogP contribution < -0.4 is 10.9 Å². The summed E-state index contributed by atoms with van der Waals surface area (Å²) in [4.78, 5) is 24.0. The first-order valence-electron chi connectivity index (χ1n) is 6.66. The monoisotopic (exact) mass is 380 g/mol.